The second kappa shape index (κ2) is 5.55. The zero-order valence-corrected chi connectivity index (χ0v) is 11.2. The molecule has 0 amide bonds. The summed E-state index contributed by atoms with van der Waals surface area (Å²) >= 11 is 0. The molecule has 2 aromatic rings. The quantitative estimate of drug-likeness (QED) is 0.656. The molecule has 2 rings (SSSR count). The Hall–Kier alpha value is -2.18. The lowest BCUT2D eigenvalue weighted by atomic mass is 9.97. The van der Waals surface area contributed by atoms with Gasteiger partial charge in [-0.1, -0.05) is 29.8 Å². The van der Waals surface area contributed by atoms with Gasteiger partial charge >= 0.3 is 12.5 Å². The van der Waals surface area contributed by atoms with Crippen LogP contribution in [0, 0.1) is 6.92 Å². The molecular weight excluding hydrogens is 310 g/mol. The Balaban J connectivity index is 2.51. The Kier molecular flexibility index (Phi) is 4.08. The van der Waals surface area contributed by atoms with Crippen LogP contribution in [0.1, 0.15) is 11.1 Å². The van der Waals surface area contributed by atoms with E-state index in [0.29, 0.717) is 5.56 Å². The van der Waals surface area contributed by atoms with E-state index >= 15 is 0 Å². The summed E-state index contributed by atoms with van der Waals surface area (Å²) in [6.07, 6.45) is -9.51. The van der Waals surface area contributed by atoms with Crippen LogP contribution < -0.4 is 4.74 Å². The van der Waals surface area contributed by atoms with Crippen molar-refractivity contribution in [3.05, 3.63) is 53.6 Å². The highest BCUT2D eigenvalue weighted by Gasteiger charge is 2.34. The van der Waals surface area contributed by atoms with Gasteiger partial charge in [-0.3, -0.25) is 0 Å². The highest BCUT2D eigenvalue weighted by atomic mass is 19.4. The molecule has 7 heteroatoms. The van der Waals surface area contributed by atoms with Crippen molar-refractivity contribution >= 4 is 0 Å². The molecular formula is C15H10F6O. The molecule has 0 bridgehead atoms. The number of aryl methyl sites for hydroxylation is 1. The van der Waals surface area contributed by atoms with E-state index in [1.807, 2.05) is 0 Å². The van der Waals surface area contributed by atoms with Crippen molar-refractivity contribution in [2.45, 2.75) is 19.5 Å². The standard InChI is InChI=1S/C15H10F6O/c1-9-5-6-12(13(7-9)14(16,17)18)10-3-2-4-11(8-10)22-15(19,20)21/h2-8H,1H3. The van der Waals surface area contributed by atoms with Gasteiger partial charge in [0.1, 0.15) is 5.75 Å². The first kappa shape index (κ1) is 16.2. The van der Waals surface area contributed by atoms with Crippen LogP contribution in [0.2, 0.25) is 0 Å². The molecule has 0 N–H and O–H groups in total. The highest BCUT2D eigenvalue weighted by Crippen LogP contribution is 2.38. The van der Waals surface area contributed by atoms with Crippen LogP contribution in [0.3, 0.4) is 0 Å². The lowest BCUT2D eigenvalue weighted by Gasteiger charge is -2.15. The summed E-state index contributed by atoms with van der Waals surface area (Å²) in [7, 11) is 0. The van der Waals surface area contributed by atoms with E-state index in [1.54, 1.807) is 0 Å². The van der Waals surface area contributed by atoms with Crippen LogP contribution in [-0.2, 0) is 6.18 Å². The number of hydrogen-bond donors (Lipinski definition) is 0. The maximum absolute atomic E-state index is 13.1. The van der Waals surface area contributed by atoms with E-state index in [2.05, 4.69) is 4.74 Å². The first-order chi connectivity index (χ1) is 10.1. The Bertz CT molecular complexity index is 672. The number of halogens is 6. The number of ether oxygens (including phenoxy) is 1. The summed E-state index contributed by atoms with van der Waals surface area (Å²) in [6, 6.07) is 8.09. The number of benzene rings is 2. The fourth-order valence-corrected chi connectivity index (χ4v) is 2.01. The Labute approximate surface area is 122 Å². The summed E-state index contributed by atoms with van der Waals surface area (Å²) in [5.41, 5.74) is -0.713. The molecule has 0 aliphatic rings. The van der Waals surface area contributed by atoms with Crippen molar-refractivity contribution in [3.63, 3.8) is 0 Å². The number of hydrogen-bond acceptors (Lipinski definition) is 1. The molecule has 22 heavy (non-hydrogen) atoms. The van der Waals surface area contributed by atoms with Gasteiger partial charge in [0, 0.05) is 0 Å². The SMILES string of the molecule is Cc1ccc(-c2cccc(OC(F)(F)F)c2)c(C(F)(F)F)c1. The van der Waals surface area contributed by atoms with Gasteiger partial charge in [-0.15, -0.1) is 13.2 Å². The average Bonchev–Trinajstić information content (AvgIpc) is 2.36. The van der Waals surface area contributed by atoms with Crippen LogP contribution in [0.4, 0.5) is 26.3 Å². The molecule has 0 aromatic heterocycles. The van der Waals surface area contributed by atoms with Gasteiger partial charge in [0.2, 0.25) is 0 Å². The molecule has 0 saturated heterocycles. The first-order valence-electron chi connectivity index (χ1n) is 6.10. The molecule has 0 aliphatic heterocycles. The van der Waals surface area contributed by atoms with Crippen LogP contribution >= 0.6 is 0 Å². The fraction of sp³-hybridized carbons (Fsp3) is 0.200. The normalized spacial score (nSPS) is 12.3. The molecule has 0 spiro atoms. The van der Waals surface area contributed by atoms with Gasteiger partial charge in [0.25, 0.3) is 0 Å². The molecule has 0 heterocycles. The zero-order chi connectivity index (χ0) is 16.5. The third-order valence-corrected chi connectivity index (χ3v) is 2.86. The van der Waals surface area contributed by atoms with Gasteiger partial charge in [-0.25, -0.2) is 0 Å². The summed E-state index contributed by atoms with van der Waals surface area (Å²) in [6.45, 7) is 1.50. The summed E-state index contributed by atoms with van der Waals surface area (Å²) in [5, 5.41) is 0. The smallest absolute Gasteiger partial charge is 0.406 e. The van der Waals surface area contributed by atoms with Crippen LogP contribution in [0.25, 0.3) is 11.1 Å². The van der Waals surface area contributed by atoms with E-state index in [9.17, 15) is 26.3 Å². The van der Waals surface area contributed by atoms with E-state index in [0.717, 1.165) is 18.2 Å². The van der Waals surface area contributed by atoms with E-state index < -0.39 is 23.9 Å². The Morgan fingerprint density at radius 1 is 0.864 bits per heavy atom. The van der Waals surface area contributed by atoms with E-state index in [4.69, 9.17) is 0 Å². The second-order valence-electron chi connectivity index (χ2n) is 4.62. The van der Waals surface area contributed by atoms with Crippen LogP contribution in [0.5, 0.6) is 5.75 Å². The number of alkyl halides is 6. The zero-order valence-electron chi connectivity index (χ0n) is 11.2. The maximum atomic E-state index is 13.1. The second-order valence-corrected chi connectivity index (χ2v) is 4.62. The minimum absolute atomic E-state index is 0.00549. The topological polar surface area (TPSA) is 9.23 Å². The molecule has 0 aliphatic carbocycles. The third-order valence-electron chi connectivity index (χ3n) is 2.86. The molecule has 0 saturated carbocycles. The lowest BCUT2D eigenvalue weighted by molar-refractivity contribution is -0.274. The van der Waals surface area contributed by atoms with Crippen LogP contribution in [-0.4, -0.2) is 6.36 Å². The van der Waals surface area contributed by atoms with E-state index in [-0.39, 0.29) is 11.1 Å². The van der Waals surface area contributed by atoms with Crippen molar-refractivity contribution in [3.8, 4) is 16.9 Å². The van der Waals surface area contributed by atoms with Gasteiger partial charge in [-0.05, 0) is 36.2 Å². The minimum atomic E-state index is -4.90. The molecule has 0 radical (unpaired) electrons. The monoisotopic (exact) mass is 320 g/mol. The molecule has 0 unspecified atom stereocenters. The van der Waals surface area contributed by atoms with Gasteiger partial charge < -0.3 is 4.74 Å². The first-order valence-corrected chi connectivity index (χ1v) is 6.10. The van der Waals surface area contributed by atoms with Crippen molar-refractivity contribution in [2.75, 3.05) is 0 Å². The van der Waals surface area contributed by atoms with Crippen molar-refractivity contribution in [2.24, 2.45) is 0 Å². The Morgan fingerprint density at radius 2 is 1.55 bits per heavy atom. The van der Waals surface area contributed by atoms with Crippen molar-refractivity contribution in [1.82, 2.24) is 0 Å². The predicted molar refractivity (Wildman–Crippen MR) is 68.3 cm³/mol. The minimum Gasteiger partial charge on any atom is -0.406 e. The van der Waals surface area contributed by atoms with Crippen LogP contribution in [0.15, 0.2) is 42.5 Å². The van der Waals surface area contributed by atoms with Gasteiger partial charge in [0.15, 0.2) is 0 Å². The van der Waals surface area contributed by atoms with Crippen molar-refractivity contribution in [1.29, 1.82) is 0 Å². The summed E-state index contributed by atoms with van der Waals surface area (Å²) in [5.74, 6) is -0.571. The molecule has 1 nitrogen and oxygen atoms in total. The molecule has 2 aromatic carbocycles. The summed E-state index contributed by atoms with van der Waals surface area (Å²) < 4.78 is 79.5. The number of rotatable bonds is 2. The third kappa shape index (κ3) is 3.93. The maximum Gasteiger partial charge on any atom is 0.573 e. The molecule has 0 fully saturated rings. The van der Waals surface area contributed by atoms with Crippen molar-refractivity contribution < 1.29 is 31.1 Å². The molecule has 118 valence electrons. The fourth-order valence-electron chi connectivity index (χ4n) is 2.01. The summed E-state index contributed by atoms with van der Waals surface area (Å²) in [4.78, 5) is 0. The predicted octanol–water partition coefficient (Wildman–Crippen LogP) is 5.58. The average molecular weight is 320 g/mol. The lowest BCUT2D eigenvalue weighted by Crippen LogP contribution is -2.17. The van der Waals surface area contributed by atoms with Gasteiger partial charge in [0.05, 0.1) is 5.56 Å². The Morgan fingerprint density at radius 3 is 2.14 bits per heavy atom. The highest BCUT2D eigenvalue weighted by molar-refractivity contribution is 5.69. The van der Waals surface area contributed by atoms with Gasteiger partial charge in [-0.2, -0.15) is 13.2 Å². The molecule has 0 atom stereocenters. The van der Waals surface area contributed by atoms with E-state index in [1.165, 1.54) is 31.2 Å². The largest absolute Gasteiger partial charge is 0.573 e.